The van der Waals surface area contributed by atoms with E-state index in [0.29, 0.717) is 19.7 Å². The molecule has 1 aromatic heterocycles. The Balaban J connectivity index is 1.96. The summed E-state index contributed by atoms with van der Waals surface area (Å²) in [6, 6.07) is 13.7. The maximum Gasteiger partial charge on any atom is 0.249 e. The maximum atomic E-state index is 13.1. The van der Waals surface area contributed by atoms with Crippen LogP contribution in [0.4, 0.5) is 0 Å². The molecule has 2 rings (SSSR count). The molecule has 0 aliphatic rings. The zero-order valence-corrected chi connectivity index (χ0v) is 18.7. The van der Waals surface area contributed by atoms with Crippen LogP contribution in [0.5, 0.6) is 0 Å². The summed E-state index contributed by atoms with van der Waals surface area (Å²) in [6.45, 7) is 7.61. The second-order valence-corrected chi connectivity index (χ2v) is 7.87. The number of amides is 2. The molecular weight excluding hydrogens is 378 g/mol. The van der Waals surface area contributed by atoms with Gasteiger partial charge in [-0.1, -0.05) is 43.7 Å². The fraction of sp³-hybridized carbons (Fsp3) is 0.500. The van der Waals surface area contributed by atoms with E-state index in [1.807, 2.05) is 79.0 Å². The van der Waals surface area contributed by atoms with Gasteiger partial charge >= 0.3 is 0 Å². The predicted molar refractivity (Wildman–Crippen MR) is 119 cm³/mol. The van der Waals surface area contributed by atoms with E-state index in [1.165, 1.54) is 0 Å². The van der Waals surface area contributed by atoms with E-state index in [4.69, 9.17) is 4.74 Å². The van der Waals surface area contributed by atoms with E-state index >= 15 is 0 Å². The van der Waals surface area contributed by atoms with Crippen molar-refractivity contribution in [1.29, 1.82) is 0 Å². The number of benzene rings is 1. The molecule has 1 heterocycles. The van der Waals surface area contributed by atoms with Gasteiger partial charge in [0.2, 0.25) is 11.8 Å². The molecule has 0 saturated heterocycles. The van der Waals surface area contributed by atoms with Gasteiger partial charge in [0.1, 0.15) is 13.2 Å². The minimum atomic E-state index is -0.163. The summed E-state index contributed by atoms with van der Waals surface area (Å²) >= 11 is 0. The van der Waals surface area contributed by atoms with Crippen molar-refractivity contribution in [2.24, 2.45) is 7.05 Å². The first kappa shape index (κ1) is 23.7. The predicted octanol–water partition coefficient (Wildman–Crippen LogP) is 3.61. The molecule has 1 aromatic carbocycles. The van der Waals surface area contributed by atoms with Crippen molar-refractivity contribution in [3.05, 3.63) is 59.9 Å². The minimum Gasteiger partial charge on any atom is -0.367 e. The van der Waals surface area contributed by atoms with Crippen molar-refractivity contribution in [3.63, 3.8) is 0 Å². The average molecular weight is 414 g/mol. The van der Waals surface area contributed by atoms with Crippen LogP contribution >= 0.6 is 0 Å². The minimum absolute atomic E-state index is 0.0326. The molecule has 0 aliphatic heterocycles. The number of aromatic nitrogens is 1. The van der Waals surface area contributed by atoms with Gasteiger partial charge in [0, 0.05) is 31.5 Å². The number of aryl methyl sites for hydroxylation is 1. The SMILES string of the molecule is CCCCN(Cc1cccn1C)C(=O)CN(C(=O)COCc1ccccc1)C(C)C. The molecule has 6 heteroatoms. The first-order chi connectivity index (χ1) is 14.4. The first-order valence-corrected chi connectivity index (χ1v) is 10.7. The smallest absolute Gasteiger partial charge is 0.249 e. The lowest BCUT2D eigenvalue weighted by molar-refractivity contribution is -0.145. The van der Waals surface area contributed by atoms with Gasteiger partial charge < -0.3 is 19.1 Å². The van der Waals surface area contributed by atoms with Gasteiger partial charge in [-0.2, -0.15) is 0 Å². The van der Waals surface area contributed by atoms with E-state index in [0.717, 1.165) is 24.1 Å². The van der Waals surface area contributed by atoms with Gasteiger partial charge in [0.25, 0.3) is 0 Å². The van der Waals surface area contributed by atoms with E-state index in [2.05, 4.69) is 6.92 Å². The fourth-order valence-electron chi connectivity index (χ4n) is 3.22. The van der Waals surface area contributed by atoms with Crippen LogP contribution in [0.2, 0.25) is 0 Å². The van der Waals surface area contributed by atoms with Gasteiger partial charge in [0.05, 0.1) is 13.2 Å². The summed E-state index contributed by atoms with van der Waals surface area (Å²) < 4.78 is 7.62. The molecule has 0 unspecified atom stereocenters. The Morgan fingerprint density at radius 1 is 1.07 bits per heavy atom. The molecule has 0 radical (unpaired) electrons. The molecule has 0 N–H and O–H groups in total. The third-order valence-electron chi connectivity index (χ3n) is 5.12. The molecule has 0 bridgehead atoms. The summed E-state index contributed by atoms with van der Waals surface area (Å²) in [5, 5.41) is 0. The molecule has 6 nitrogen and oxygen atoms in total. The number of unbranched alkanes of at least 4 members (excludes halogenated alkanes) is 1. The molecule has 0 saturated carbocycles. The van der Waals surface area contributed by atoms with Crippen molar-refractivity contribution in [2.45, 2.75) is 52.8 Å². The average Bonchev–Trinajstić information content (AvgIpc) is 3.13. The molecule has 0 fully saturated rings. The highest BCUT2D eigenvalue weighted by molar-refractivity contribution is 5.85. The molecular formula is C24H35N3O3. The first-order valence-electron chi connectivity index (χ1n) is 10.7. The van der Waals surface area contributed by atoms with Crippen LogP contribution in [0.1, 0.15) is 44.9 Å². The van der Waals surface area contributed by atoms with Gasteiger partial charge in [0.15, 0.2) is 0 Å². The molecule has 2 aromatic rings. The van der Waals surface area contributed by atoms with Gasteiger partial charge in [-0.25, -0.2) is 0 Å². The monoisotopic (exact) mass is 413 g/mol. The van der Waals surface area contributed by atoms with Crippen molar-refractivity contribution in [1.82, 2.24) is 14.4 Å². The number of hydrogen-bond acceptors (Lipinski definition) is 3. The van der Waals surface area contributed by atoms with Crippen molar-refractivity contribution in [2.75, 3.05) is 19.7 Å². The van der Waals surface area contributed by atoms with Crippen LogP contribution in [-0.2, 0) is 34.5 Å². The van der Waals surface area contributed by atoms with Crippen LogP contribution in [0.3, 0.4) is 0 Å². The Labute approximate surface area is 180 Å². The second-order valence-electron chi connectivity index (χ2n) is 7.87. The lowest BCUT2D eigenvalue weighted by atomic mass is 10.2. The molecule has 0 spiro atoms. The number of ether oxygens (including phenoxy) is 1. The number of nitrogens with zero attached hydrogens (tertiary/aromatic N) is 3. The standard InChI is InChI=1S/C24H35N3O3/c1-5-6-15-26(16-22-13-10-14-25(22)4)23(28)17-27(20(2)3)24(29)19-30-18-21-11-8-7-9-12-21/h7-14,20H,5-6,15-19H2,1-4H3. The quantitative estimate of drug-likeness (QED) is 0.534. The van der Waals surface area contributed by atoms with Crippen LogP contribution in [0.25, 0.3) is 0 Å². The number of rotatable bonds is 12. The normalized spacial score (nSPS) is 11.0. The molecule has 0 atom stereocenters. The molecule has 164 valence electrons. The Bertz CT molecular complexity index is 786. The zero-order chi connectivity index (χ0) is 21.9. The van der Waals surface area contributed by atoms with Crippen LogP contribution in [0, 0.1) is 0 Å². The Morgan fingerprint density at radius 3 is 2.40 bits per heavy atom. The Morgan fingerprint density at radius 2 is 1.80 bits per heavy atom. The summed E-state index contributed by atoms with van der Waals surface area (Å²) in [6.07, 6.45) is 3.93. The Hall–Kier alpha value is -2.60. The van der Waals surface area contributed by atoms with Crippen LogP contribution < -0.4 is 0 Å². The summed E-state index contributed by atoms with van der Waals surface area (Å²) in [5.41, 5.74) is 2.10. The lowest BCUT2D eigenvalue weighted by Crippen LogP contribution is -2.47. The van der Waals surface area contributed by atoms with E-state index in [-0.39, 0.29) is 31.0 Å². The molecule has 30 heavy (non-hydrogen) atoms. The highest BCUT2D eigenvalue weighted by atomic mass is 16.5. The number of carbonyl (C=O) groups excluding carboxylic acids is 2. The van der Waals surface area contributed by atoms with Crippen LogP contribution in [0.15, 0.2) is 48.7 Å². The zero-order valence-electron chi connectivity index (χ0n) is 18.7. The number of hydrogen-bond donors (Lipinski definition) is 0. The highest BCUT2D eigenvalue weighted by Gasteiger charge is 2.24. The van der Waals surface area contributed by atoms with E-state index < -0.39 is 0 Å². The van der Waals surface area contributed by atoms with E-state index in [9.17, 15) is 9.59 Å². The van der Waals surface area contributed by atoms with Crippen molar-refractivity contribution in [3.8, 4) is 0 Å². The van der Waals surface area contributed by atoms with Crippen LogP contribution in [-0.4, -0.2) is 51.9 Å². The van der Waals surface area contributed by atoms with Gasteiger partial charge in [-0.3, -0.25) is 9.59 Å². The van der Waals surface area contributed by atoms with Gasteiger partial charge in [-0.15, -0.1) is 0 Å². The maximum absolute atomic E-state index is 13.1. The van der Waals surface area contributed by atoms with E-state index in [1.54, 1.807) is 4.90 Å². The molecule has 2 amide bonds. The molecule has 0 aliphatic carbocycles. The third kappa shape index (κ3) is 7.34. The largest absolute Gasteiger partial charge is 0.367 e. The van der Waals surface area contributed by atoms with Gasteiger partial charge in [-0.05, 0) is 38.0 Å². The number of carbonyl (C=O) groups is 2. The summed E-state index contributed by atoms with van der Waals surface area (Å²) in [5.74, 6) is -0.196. The van der Waals surface area contributed by atoms with Crippen molar-refractivity contribution >= 4 is 11.8 Å². The lowest BCUT2D eigenvalue weighted by Gasteiger charge is -2.30. The second kappa shape index (κ2) is 12.2. The summed E-state index contributed by atoms with van der Waals surface area (Å²) in [4.78, 5) is 29.3. The third-order valence-corrected chi connectivity index (χ3v) is 5.12. The van der Waals surface area contributed by atoms with Crippen molar-refractivity contribution < 1.29 is 14.3 Å². The Kier molecular flexibility index (Phi) is 9.61. The summed E-state index contributed by atoms with van der Waals surface area (Å²) in [7, 11) is 1.98. The fourth-order valence-corrected chi connectivity index (χ4v) is 3.22. The highest BCUT2D eigenvalue weighted by Crippen LogP contribution is 2.10. The topological polar surface area (TPSA) is 54.8 Å².